The van der Waals surface area contributed by atoms with Crippen LogP contribution in [0.1, 0.15) is 96.3 Å². The number of rotatable bonds is 9. The van der Waals surface area contributed by atoms with Gasteiger partial charge >= 0.3 is 5.97 Å². The Morgan fingerprint density at radius 3 is 2.33 bits per heavy atom. The molecule has 0 radical (unpaired) electrons. The van der Waals surface area contributed by atoms with E-state index in [1.165, 1.54) is 21.5 Å². The Bertz CT molecular complexity index is 2650. The second-order valence-electron chi connectivity index (χ2n) is 21.7. The lowest BCUT2D eigenvalue weighted by Crippen LogP contribution is -2.67. The number of benzene rings is 3. The monoisotopic (exact) mass is 956 g/mol. The van der Waals surface area contributed by atoms with Gasteiger partial charge in [-0.3, -0.25) is 29.0 Å². The SMILES string of the molecule is C=CC(=O)N1CC[C@H](C(=O)N(C)[C@H](C(=O)NC2(C)Cc3cc(O)cc(c3)-c3ccc4c(c3)c(c(-c3ccc(C5CCN(C)CC5)cc3)n4CC)CC(C)(C)COC(=O)[C@@H]3CCCN(N3)C2=O)C(C)C)C1. The molecule has 0 saturated carbocycles. The van der Waals surface area contributed by atoms with Crippen LogP contribution in [0.15, 0.2) is 73.3 Å². The molecule has 3 saturated heterocycles. The molecule has 3 fully saturated rings. The molecular formula is C56H73N7O7. The molecule has 5 heterocycles. The van der Waals surface area contributed by atoms with Crippen LogP contribution in [0.3, 0.4) is 0 Å². The van der Waals surface area contributed by atoms with Crippen LogP contribution in [0.25, 0.3) is 33.3 Å². The Kier molecular flexibility index (Phi) is 14.7. The molecule has 3 N–H and O–H groups in total. The van der Waals surface area contributed by atoms with Gasteiger partial charge in [0, 0.05) is 56.0 Å². The number of aromatic hydroxyl groups is 1. The van der Waals surface area contributed by atoms with Crippen molar-refractivity contribution >= 4 is 40.5 Å². The summed E-state index contributed by atoms with van der Waals surface area (Å²) >= 11 is 0. The van der Waals surface area contributed by atoms with E-state index in [1.807, 2.05) is 19.9 Å². The normalized spacial score (nSPS) is 22.9. The number of phenolic OH excluding ortho intramolecular Hbond substituents is 1. The van der Waals surface area contributed by atoms with Gasteiger partial charge in [0.05, 0.1) is 18.2 Å². The van der Waals surface area contributed by atoms with Gasteiger partial charge < -0.3 is 34.4 Å². The number of nitrogens with one attached hydrogen (secondary N) is 2. The van der Waals surface area contributed by atoms with Crippen LogP contribution >= 0.6 is 0 Å². The number of carbonyl (C=O) groups is 5. The Balaban J connectivity index is 1.19. The zero-order valence-electron chi connectivity index (χ0n) is 42.5. The highest BCUT2D eigenvalue weighted by Gasteiger charge is 2.45. The second kappa shape index (κ2) is 20.4. The minimum Gasteiger partial charge on any atom is -0.508 e. The van der Waals surface area contributed by atoms with Crippen molar-refractivity contribution in [3.8, 4) is 28.1 Å². The summed E-state index contributed by atoms with van der Waals surface area (Å²) in [6, 6.07) is 19.0. The Hall–Kier alpha value is -5.99. The lowest BCUT2D eigenvalue weighted by atomic mass is 9.83. The predicted molar refractivity (Wildman–Crippen MR) is 272 cm³/mol. The van der Waals surface area contributed by atoms with Crippen molar-refractivity contribution in [3.63, 3.8) is 0 Å². The number of carbonyl (C=O) groups excluding carboxylic acids is 5. The molecule has 6 bridgehead atoms. The maximum absolute atomic E-state index is 15.1. The molecule has 0 aliphatic carbocycles. The number of aryl methyl sites for hydroxylation is 1. The average molecular weight is 956 g/mol. The van der Waals surface area contributed by atoms with Gasteiger partial charge in [-0.2, -0.15) is 0 Å². The predicted octanol–water partition coefficient (Wildman–Crippen LogP) is 7.07. The highest BCUT2D eigenvalue weighted by Crippen LogP contribution is 2.41. The first-order valence-electron chi connectivity index (χ1n) is 25.3. The van der Waals surface area contributed by atoms with Crippen LogP contribution in [0, 0.1) is 17.3 Å². The fraction of sp³-hybridized carbons (Fsp3) is 0.518. The first-order chi connectivity index (χ1) is 33.3. The summed E-state index contributed by atoms with van der Waals surface area (Å²) in [5.74, 6) is -2.29. The molecule has 1 unspecified atom stereocenters. The molecule has 14 heteroatoms. The van der Waals surface area contributed by atoms with Crippen LogP contribution in [0.4, 0.5) is 0 Å². The van der Waals surface area contributed by atoms with Gasteiger partial charge in [0.1, 0.15) is 23.4 Å². The Morgan fingerprint density at radius 1 is 0.929 bits per heavy atom. The van der Waals surface area contributed by atoms with Crippen molar-refractivity contribution < 1.29 is 33.8 Å². The van der Waals surface area contributed by atoms with Gasteiger partial charge in [0.25, 0.3) is 5.91 Å². The molecule has 1 aromatic heterocycles. The number of phenols is 1. The molecule has 0 spiro atoms. The third kappa shape index (κ3) is 10.4. The lowest BCUT2D eigenvalue weighted by Gasteiger charge is -2.41. The van der Waals surface area contributed by atoms with E-state index in [2.05, 4.69) is 97.1 Å². The summed E-state index contributed by atoms with van der Waals surface area (Å²) < 4.78 is 8.54. The summed E-state index contributed by atoms with van der Waals surface area (Å²) in [4.78, 5) is 75.7. The minimum atomic E-state index is -1.63. The van der Waals surface area contributed by atoms with Gasteiger partial charge in [0.15, 0.2) is 0 Å². The van der Waals surface area contributed by atoms with Crippen molar-refractivity contribution in [2.45, 2.75) is 117 Å². The zero-order valence-corrected chi connectivity index (χ0v) is 42.5. The molecule has 4 aliphatic rings. The number of amides is 4. The highest BCUT2D eigenvalue weighted by atomic mass is 16.5. The van der Waals surface area contributed by atoms with Crippen LogP contribution < -0.4 is 10.7 Å². The first-order valence-corrected chi connectivity index (χ1v) is 25.3. The number of esters is 1. The van der Waals surface area contributed by atoms with Crippen LogP contribution in [-0.4, -0.2) is 130 Å². The second-order valence-corrected chi connectivity index (χ2v) is 21.7. The van der Waals surface area contributed by atoms with Crippen LogP contribution in [0.2, 0.25) is 0 Å². The zero-order chi connectivity index (χ0) is 50.2. The van der Waals surface area contributed by atoms with E-state index in [4.69, 9.17) is 4.74 Å². The number of hydrogen-bond acceptors (Lipinski definition) is 9. The van der Waals surface area contributed by atoms with Gasteiger partial charge in [-0.15, -0.1) is 0 Å². The van der Waals surface area contributed by atoms with Crippen molar-refractivity contribution in [2.24, 2.45) is 17.3 Å². The van der Waals surface area contributed by atoms with Gasteiger partial charge in [-0.05, 0) is 148 Å². The molecule has 4 aromatic rings. The summed E-state index contributed by atoms with van der Waals surface area (Å²) in [7, 11) is 3.78. The fourth-order valence-electron chi connectivity index (χ4n) is 11.5. The number of hydrazine groups is 1. The summed E-state index contributed by atoms with van der Waals surface area (Å²) in [5, 5.41) is 17.0. The van der Waals surface area contributed by atoms with E-state index >= 15 is 4.79 Å². The first kappa shape index (κ1) is 50.4. The van der Waals surface area contributed by atoms with E-state index in [-0.39, 0.29) is 49.6 Å². The smallest absolute Gasteiger partial charge is 0.324 e. The summed E-state index contributed by atoms with van der Waals surface area (Å²) in [6.45, 7) is 19.3. The topological polar surface area (TPSA) is 157 Å². The Labute approximate surface area is 413 Å². The number of likely N-dealkylation sites (tertiary alicyclic amines) is 2. The van der Waals surface area contributed by atoms with E-state index in [0.29, 0.717) is 43.7 Å². The third-order valence-corrected chi connectivity index (χ3v) is 15.3. The van der Waals surface area contributed by atoms with Gasteiger partial charge in [-0.25, -0.2) is 5.43 Å². The number of hydrogen-bond donors (Lipinski definition) is 3. The van der Waals surface area contributed by atoms with E-state index in [1.54, 1.807) is 31.0 Å². The van der Waals surface area contributed by atoms with Crippen LogP contribution in [-0.2, 0) is 48.1 Å². The van der Waals surface area contributed by atoms with Gasteiger partial charge in [0.2, 0.25) is 17.7 Å². The number of cyclic esters (lactones) is 1. The fourth-order valence-corrected chi connectivity index (χ4v) is 11.5. The highest BCUT2D eigenvalue weighted by molar-refractivity contribution is 5.97. The van der Waals surface area contributed by atoms with E-state index < -0.39 is 46.7 Å². The molecule has 3 aromatic carbocycles. The average Bonchev–Trinajstić information content (AvgIpc) is 3.95. The molecule has 14 nitrogen and oxygen atoms in total. The standard InChI is InChI=1S/C56H73N7O7/c1-10-48(65)61-26-22-41(33-61)52(67)60(9)49(35(3)4)51(66)57-56(7)31-36-27-42(29-43(64)28-36)40-18-19-47-44(30-40)45(32-55(5,6)34-70-53(68)46-13-12-23-63(58-46)54(56)69)50(62(47)11-2)39-16-14-37(15-17-39)38-20-24-59(8)25-21-38/h10,14-19,27-30,35,38,41,46,49,58,64H,1,11-13,20-26,31-34H2,2-9H3,(H,57,66)/t41-,46-,49-,56?/m0/s1. The maximum Gasteiger partial charge on any atom is 0.324 e. The van der Waals surface area contributed by atoms with Crippen molar-refractivity contribution in [3.05, 3.63) is 90.0 Å². The number of aromatic nitrogens is 1. The molecule has 8 rings (SSSR count). The number of ether oxygens (including phenoxy) is 1. The van der Waals surface area contributed by atoms with E-state index in [9.17, 15) is 24.3 Å². The van der Waals surface area contributed by atoms with Crippen LogP contribution in [0.5, 0.6) is 5.75 Å². The molecule has 4 aliphatic heterocycles. The molecule has 4 atom stereocenters. The molecule has 374 valence electrons. The van der Waals surface area contributed by atoms with Crippen molar-refractivity contribution in [2.75, 3.05) is 53.4 Å². The van der Waals surface area contributed by atoms with Crippen molar-refractivity contribution in [1.82, 2.24) is 35.0 Å². The molecule has 4 amide bonds. The maximum atomic E-state index is 15.1. The Morgan fingerprint density at radius 2 is 1.64 bits per heavy atom. The molecular weight excluding hydrogens is 883 g/mol. The van der Waals surface area contributed by atoms with Gasteiger partial charge in [-0.1, -0.05) is 70.7 Å². The summed E-state index contributed by atoms with van der Waals surface area (Å²) in [6.07, 6.45) is 5.52. The number of piperidine rings is 1. The number of nitrogens with zero attached hydrogens (tertiary/aromatic N) is 5. The van der Waals surface area contributed by atoms with Crippen molar-refractivity contribution in [1.29, 1.82) is 0 Å². The quantitative estimate of drug-likeness (QED) is 0.118. The number of likely N-dealkylation sites (N-methyl/N-ethyl adjacent to an activating group) is 1. The molecule has 70 heavy (non-hydrogen) atoms. The third-order valence-electron chi connectivity index (χ3n) is 15.3. The number of fused-ring (bicyclic) bond motifs is 6. The summed E-state index contributed by atoms with van der Waals surface area (Å²) in [5.41, 5.74) is 9.10. The lowest BCUT2D eigenvalue weighted by molar-refractivity contribution is -0.157. The van der Waals surface area contributed by atoms with E-state index in [0.717, 1.165) is 71.3 Å². The largest absolute Gasteiger partial charge is 0.508 e. The minimum absolute atomic E-state index is 0.00541.